The molecule has 0 aromatic heterocycles. The molecule has 152 valence electrons. The molecule has 27 heavy (non-hydrogen) atoms. The van der Waals surface area contributed by atoms with E-state index in [9.17, 15) is 22.0 Å². The predicted molar refractivity (Wildman–Crippen MR) is 96.4 cm³/mol. The maximum Gasteiger partial charge on any atom is 0.416 e. The molecule has 0 nitrogen and oxygen atoms in total. The Balaban J connectivity index is 1.62. The molecule has 5 heteroatoms. The Hall–Kier alpha value is -1.13. The Morgan fingerprint density at radius 2 is 1.41 bits per heavy atom. The van der Waals surface area contributed by atoms with E-state index in [2.05, 4.69) is 6.92 Å². The van der Waals surface area contributed by atoms with Gasteiger partial charge in [-0.3, -0.25) is 0 Å². The van der Waals surface area contributed by atoms with E-state index >= 15 is 0 Å². The molecule has 2 aliphatic carbocycles. The topological polar surface area (TPSA) is 0 Å². The first kappa shape index (κ1) is 20.6. The van der Waals surface area contributed by atoms with Crippen molar-refractivity contribution in [3.63, 3.8) is 0 Å². The monoisotopic (exact) mass is 388 g/mol. The summed E-state index contributed by atoms with van der Waals surface area (Å²) in [6.07, 6.45) is 6.05. The summed E-state index contributed by atoms with van der Waals surface area (Å²) in [5.74, 6) is -0.674. The average molecular weight is 388 g/mol. The maximum absolute atomic E-state index is 14.2. The van der Waals surface area contributed by atoms with Gasteiger partial charge in [0, 0.05) is 0 Å². The third-order valence-electron chi connectivity index (χ3n) is 6.85. The molecule has 0 atom stereocenters. The fourth-order valence-corrected chi connectivity index (χ4v) is 5.33. The summed E-state index contributed by atoms with van der Waals surface area (Å²) in [4.78, 5) is 0. The number of halogens is 5. The van der Waals surface area contributed by atoms with Gasteiger partial charge in [0.2, 0.25) is 0 Å². The highest BCUT2D eigenvalue weighted by Crippen LogP contribution is 2.45. The van der Waals surface area contributed by atoms with E-state index in [4.69, 9.17) is 0 Å². The van der Waals surface area contributed by atoms with E-state index in [0.29, 0.717) is 24.7 Å². The molecule has 0 amide bonds. The van der Waals surface area contributed by atoms with Crippen LogP contribution >= 0.6 is 0 Å². The van der Waals surface area contributed by atoms with Gasteiger partial charge < -0.3 is 0 Å². The summed E-state index contributed by atoms with van der Waals surface area (Å²) in [7, 11) is 0. The lowest BCUT2D eigenvalue weighted by atomic mass is 9.68. The quantitative estimate of drug-likeness (QED) is 0.461. The number of hydrogen-bond donors (Lipinski definition) is 0. The average Bonchev–Trinajstić information content (AvgIpc) is 2.64. The molecule has 3 rings (SSSR count). The number of rotatable bonds is 4. The Morgan fingerprint density at radius 3 is 1.93 bits per heavy atom. The van der Waals surface area contributed by atoms with Gasteiger partial charge in [-0.15, -0.1) is 0 Å². The van der Waals surface area contributed by atoms with Crippen LogP contribution in [0.3, 0.4) is 0 Å². The molecular formula is C22H29F5. The highest BCUT2D eigenvalue weighted by atomic mass is 19.4. The Bertz CT molecular complexity index is 620. The summed E-state index contributed by atoms with van der Waals surface area (Å²) in [6.45, 7) is 2.23. The van der Waals surface area contributed by atoms with Gasteiger partial charge in [0.1, 0.15) is 0 Å². The summed E-state index contributed by atoms with van der Waals surface area (Å²) in [6, 6.07) is 1.08. The molecule has 2 fully saturated rings. The van der Waals surface area contributed by atoms with Crippen LogP contribution in [-0.2, 0) is 6.18 Å². The van der Waals surface area contributed by atoms with Crippen molar-refractivity contribution < 1.29 is 22.0 Å². The molecule has 1 aromatic carbocycles. The smallest absolute Gasteiger partial charge is 0.204 e. The van der Waals surface area contributed by atoms with Crippen LogP contribution in [0.2, 0.25) is 0 Å². The molecule has 0 spiro atoms. The van der Waals surface area contributed by atoms with Crippen LogP contribution in [0.5, 0.6) is 0 Å². The molecule has 0 bridgehead atoms. The fourth-order valence-electron chi connectivity index (χ4n) is 5.33. The lowest BCUT2D eigenvalue weighted by Crippen LogP contribution is -2.25. The summed E-state index contributed by atoms with van der Waals surface area (Å²) >= 11 is 0. The molecule has 0 heterocycles. The van der Waals surface area contributed by atoms with Crippen molar-refractivity contribution in [1.29, 1.82) is 0 Å². The third kappa shape index (κ3) is 4.83. The SMILES string of the molecule is CCCC1CCC(C2CCC(c3cc(C(F)(F)F)cc(F)c3F)CC2)CC1. The standard InChI is InChI=1S/C22H29F5/c1-2-3-14-4-6-15(7-5-14)16-8-10-17(11-9-16)19-12-18(22(25,26)27)13-20(23)21(19)24/h12-17H,2-11H2,1H3. The van der Waals surface area contributed by atoms with Crippen molar-refractivity contribution in [1.82, 2.24) is 0 Å². The van der Waals surface area contributed by atoms with Crippen LogP contribution in [0, 0.1) is 29.4 Å². The van der Waals surface area contributed by atoms with Crippen molar-refractivity contribution in [3.05, 3.63) is 34.9 Å². The molecule has 0 saturated heterocycles. The predicted octanol–water partition coefficient (Wildman–Crippen LogP) is 7.86. The number of alkyl halides is 3. The minimum absolute atomic E-state index is 0.0903. The molecular weight excluding hydrogens is 359 g/mol. The Morgan fingerprint density at radius 1 is 0.852 bits per heavy atom. The zero-order valence-electron chi connectivity index (χ0n) is 15.9. The van der Waals surface area contributed by atoms with Crippen LogP contribution in [0.15, 0.2) is 12.1 Å². The first-order chi connectivity index (χ1) is 12.8. The van der Waals surface area contributed by atoms with Crippen LogP contribution in [-0.4, -0.2) is 0 Å². The highest BCUT2D eigenvalue weighted by molar-refractivity contribution is 5.31. The first-order valence-corrected chi connectivity index (χ1v) is 10.4. The van der Waals surface area contributed by atoms with Crippen LogP contribution < -0.4 is 0 Å². The van der Waals surface area contributed by atoms with Gasteiger partial charge >= 0.3 is 6.18 Å². The van der Waals surface area contributed by atoms with E-state index in [1.54, 1.807) is 0 Å². The van der Waals surface area contributed by atoms with Crippen LogP contribution in [0.25, 0.3) is 0 Å². The lowest BCUT2D eigenvalue weighted by molar-refractivity contribution is -0.137. The molecule has 0 N–H and O–H groups in total. The Kier molecular flexibility index (Phi) is 6.47. The molecule has 0 radical (unpaired) electrons. The van der Waals surface area contributed by atoms with Gasteiger partial charge in [-0.1, -0.05) is 32.6 Å². The van der Waals surface area contributed by atoms with Crippen molar-refractivity contribution >= 4 is 0 Å². The van der Waals surface area contributed by atoms with Crippen molar-refractivity contribution in [2.24, 2.45) is 17.8 Å². The van der Waals surface area contributed by atoms with Gasteiger partial charge in [0.25, 0.3) is 0 Å². The van der Waals surface area contributed by atoms with E-state index in [0.717, 1.165) is 24.8 Å². The second-order valence-electron chi connectivity index (χ2n) is 8.54. The Labute approximate surface area is 158 Å². The zero-order chi connectivity index (χ0) is 19.6. The van der Waals surface area contributed by atoms with Crippen molar-refractivity contribution in [2.75, 3.05) is 0 Å². The molecule has 1 aromatic rings. The summed E-state index contributed by atoms with van der Waals surface area (Å²) < 4.78 is 66.7. The lowest BCUT2D eigenvalue weighted by Gasteiger charge is -2.38. The molecule has 0 aliphatic heterocycles. The maximum atomic E-state index is 14.2. The van der Waals surface area contributed by atoms with Gasteiger partial charge in [-0.25, -0.2) is 8.78 Å². The number of hydrogen-bond acceptors (Lipinski definition) is 0. The zero-order valence-corrected chi connectivity index (χ0v) is 15.9. The molecule has 0 unspecified atom stereocenters. The minimum Gasteiger partial charge on any atom is -0.204 e. The minimum atomic E-state index is -4.66. The summed E-state index contributed by atoms with van der Waals surface area (Å²) in [5, 5.41) is 0. The van der Waals surface area contributed by atoms with Crippen molar-refractivity contribution in [2.45, 2.75) is 83.2 Å². The molecule has 2 saturated carbocycles. The number of benzene rings is 1. The second-order valence-corrected chi connectivity index (χ2v) is 8.54. The van der Waals surface area contributed by atoms with Gasteiger partial charge in [-0.05, 0) is 79.9 Å². The highest BCUT2D eigenvalue weighted by Gasteiger charge is 2.36. The van der Waals surface area contributed by atoms with E-state index in [1.165, 1.54) is 38.5 Å². The van der Waals surface area contributed by atoms with Gasteiger partial charge in [0.15, 0.2) is 11.6 Å². The van der Waals surface area contributed by atoms with Crippen molar-refractivity contribution in [3.8, 4) is 0 Å². The second kappa shape index (κ2) is 8.48. The largest absolute Gasteiger partial charge is 0.416 e. The van der Waals surface area contributed by atoms with E-state index in [1.807, 2.05) is 0 Å². The van der Waals surface area contributed by atoms with E-state index < -0.39 is 23.4 Å². The third-order valence-corrected chi connectivity index (χ3v) is 6.85. The van der Waals surface area contributed by atoms with Crippen LogP contribution in [0.1, 0.15) is 88.2 Å². The van der Waals surface area contributed by atoms with Gasteiger partial charge in [-0.2, -0.15) is 13.2 Å². The fraction of sp³-hybridized carbons (Fsp3) is 0.727. The normalized spacial score (nSPS) is 29.7. The molecule has 2 aliphatic rings. The van der Waals surface area contributed by atoms with E-state index in [-0.39, 0.29) is 17.5 Å². The summed E-state index contributed by atoms with van der Waals surface area (Å²) in [5.41, 5.74) is -1.18. The first-order valence-electron chi connectivity index (χ1n) is 10.4. The van der Waals surface area contributed by atoms with Gasteiger partial charge in [0.05, 0.1) is 5.56 Å². The van der Waals surface area contributed by atoms with Crippen LogP contribution in [0.4, 0.5) is 22.0 Å².